The van der Waals surface area contributed by atoms with E-state index >= 15 is 0 Å². The maximum Gasteiger partial charge on any atom is 0.513 e. The molecular formula is C14H19NO6. The van der Waals surface area contributed by atoms with Gasteiger partial charge < -0.3 is 25.1 Å². The number of rotatable bonds is 8. The molecule has 0 bridgehead atoms. The van der Waals surface area contributed by atoms with E-state index in [0.29, 0.717) is 18.8 Å². The molecule has 0 amide bonds. The number of hydrogen-bond donors (Lipinski definition) is 2. The van der Waals surface area contributed by atoms with Crippen LogP contribution in [-0.4, -0.2) is 43.6 Å². The third-order valence-electron chi connectivity index (χ3n) is 2.61. The van der Waals surface area contributed by atoms with Crippen molar-refractivity contribution in [3.05, 3.63) is 29.8 Å². The van der Waals surface area contributed by atoms with Gasteiger partial charge in [0.2, 0.25) is 0 Å². The second kappa shape index (κ2) is 8.93. The van der Waals surface area contributed by atoms with Crippen LogP contribution in [0.25, 0.3) is 0 Å². The van der Waals surface area contributed by atoms with Gasteiger partial charge in [0.15, 0.2) is 0 Å². The first kappa shape index (κ1) is 16.9. The van der Waals surface area contributed by atoms with Crippen LogP contribution in [0, 0.1) is 0 Å². The van der Waals surface area contributed by atoms with Gasteiger partial charge in [-0.05, 0) is 24.1 Å². The lowest BCUT2D eigenvalue weighted by Crippen LogP contribution is -2.32. The molecule has 0 aliphatic heterocycles. The van der Waals surface area contributed by atoms with Gasteiger partial charge in [0.05, 0.1) is 6.61 Å². The van der Waals surface area contributed by atoms with Gasteiger partial charge in [0, 0.05) is 20.1 Å². The lowest BCUT2D eigenvalue weighted by atomic mass is 10.1. The van der Waals surface area contributed by atoms with Crippen LogP contribution in [0.1, 0.15) is 12.0 Å². The van der Waals surface area contributed by atoms with Crippen LogP contribution in [0.15, 0.2) is 24.3 Å². The van der Waals surface area contributed by atoms with Crippen molar-refractivity contribution in [3.8, 4) is 5.75 Å². The molecule has 1 aromatic carbocycles. The molecule has 0 spiro atoms. The number of hydrogen-bond acceptors (Lipinski definition) is 6. The summed E-state index contributed by atoms with van der Waals surface area (Å²) in [5, 5.41) is 8.72. The fourth-order valence-electron chi connectivity index (χ4n) is 1.52. The van der Waals surface area contributed by atoms with Crippen molar-refractivity contribution in [3.63, 3.8) is 0 Å². The van der Waals surface area contributed by atoms with Gasteiger partial charge in [-0.1, -0.05) is 12.1 Å². The van der Waals surface area contributed by atoms with Crippen LogP contribution in [-0.2, 0) is 20.7 Å². The third kappa shape index (κ3) is 6.73. The first-order valence-corrected chi connectivity index (χ1v) is 6.44. The predicted molar refractivity (Wildman–Crippen MR) is 74.2 cm³/mol. The van der Waals surface area contributed by atoms with Crippen molar-refractivity contribution >= 4 is 12.1 Å². The lowest BCUT2D eigenvalue weighted by Gasteiger charge is -2.08. The third-order valence-corrected chi connectivity index (χ3v) is 2.61. The summed E-state index contributed by atoms with van der Waals surface area (Å²) in [6.07, 6.45) is 0.00963. The summed E-state index contributed by atoms with van der Waals surface area (Å²) in [7, 11) is 1.57. The zero-order valence-corrected chi connectivity index (χ0v) is 11.8. The number of nitrogens with two attached hydrogens (primary N) is 1. The highest BCUT2D eigenvalue weighted by atomic mass is 16.7. The number of carbonyl (C=O) groups is 2. The molecule has 7 heteroatoms. The minimum atomic E-state index is -1.06. The molecule has 1 atom stereocenters. The highest BCUT2D eigenvalue weighted by molar-refractivity contribution is 5.73. The van der Waals surface area contributed by atoms with Crippen LogP contribution in [0.2, 0.25) is 0 Å². The van der Waals surface area contributed by atoms with Crippen LogP contribution >= 0.6 is 0 Å². The molecule has 0 aromatic heterocycles. The van der Waals surface area contributed by atoms with E-state index in [2.05, 4.69) is 0 Å². The quantitative estimate of drug-likeness (QED) is 0.421. The number of aliphatic carboxylic acids is 1. The molecule has 0 fully saturated rings. The maximum atomic E-state index is 11.3. The van der Waals surface area contributed by atoms with Crippen molar-refractivity contribution in [2.24, 2.45) is 5.73 Å². The zero-order chi connectivity index (χ0) is 15.7. The monoisotopic (exact) mass is 297 g/mol. The van der Waals surface area contributed by atoms with Crippen molar-refractivity contribution in [1.82, 2.24) is 0 Å². The van der Waals surface area contributed by atoms with Gasteiger partial charge in [-0.2, -0.15) is 0 Å². The lowest BCUT2D eigenvalue weighted by molar-refractivity contribution is -0.138. The highest BCUT2D eigenvalue weighted by Crippen LogP contribution is 2.14. The van der Waals surface area contributed by atoms with E-state index in [0.717, 1.165) is 5.56 Å². The molecule has 116 valence electrons. The van der Waals surface area contributed by atoms with E-state index in [4.69, 9.17) is 25.1 Å². The molecule has 0 aliphatic rings. The smallest absolute Gasteiger partial charge is 0.480 e. The van der Waals surface area contributed by atoms with Crippen molar-refractivity contribution in [2.45, 2.75) is 18.9 Å². The fourth-order valence-corrected chi connectivity index (χ4v) is 1.52. The van der Waals surface area contributed by atoms with E-state index in [1.165, 1.54) is 0 Å². The Labute approximate surface area is 122 Å². The summed E-state index contributed by atoms with van der Waals surface area (Å²) in [4.78, 5) is 22.0. The van der Waals surface area contributed by atoms with Gasteiger partial charge in [-0.3, -0.25) is 4.79 Å². The molecule has 0 unspecified atom stereocenters. The molecule has 21 heavy (non-hydrogen) atoms. The molecule has 7 nitrogen and oxygen atoms in total. The van der Waals surface area contributed by atoms with Gasteiger partial charge in [0.25, 0.3) is 0 Å². The summed E-state index contributed by atoms with van der Waals surface area (Å²) < 4.78 is 14.6. The van der Waals surface area contributed by atoms with Crippen LogP contribution in [0.5, 0.6) is 5.75 Å². The van der Waals surface area contributed by atoms with E-state index in [9.17, 15) is 9.59 Å². The summed E-state index contributed by atoms with van der Waals surface area (Å²) in [5.41, 5.74) is 6.17. The van der Waals surface area contributed by atoms with E-state index in [1.54, 1.807) is 31.4 Å². The molecular weight excluding hydrogens is 278 g/mol. The topological polar surface area (TPSA) is 108 Å². The maximum absolute atomic E-state index is 11.3. The van der Waals surface area contributed by atoms with Gasteiger partial charge in [0.1, 0.15) is 11.8 Å². The Morgan fingerprint density at radius 1 is 1.24 bits per heavy atom. The SMILES string of the molecule is COCCCOC(=O)Oc1ccc(C[C@@H](N)C(=O)O)cc1. The van der Waals surface area contributed by atoms with Crippen molar-refractivity contribution < 1.29 is 28.9 Å². The van der Waals surface area contributed by atoms with E-state index in [1.807, 2.05) is 0 Å². The summed E-state index contributed by atoms with van der Waals surface area (Å²) in [6.45, 7) is 0.726. The van der Waals surface area contributed by atoms with E-state index in [-0.39, 0.29) is 13.0 Å². The second-order valence-corrected chi connectivity index (χ2v) is 4.34. The first-order chi connectivity index (χ1) is 10.0. The van der Waals surface area contributed by atoms with Crippen molar-refractivity contribution in [1.29, 1.82) is 0 Å². The molecule has 0 radical (unpaired) electrons. The number of benzene rings is 1. The predicted octanol–water partition coefficient (Wildman–Crippen LogP) is 1.19. The molecule has 3 N–H and O–H groups in total. The minimum Gasteiger partial charge on any atom is -0.480 e. The average molecular weight is 297 g/mol. The average Bonchev–Trinajstić information content (AvgIpc) is 2.45. The number of methoxy groups -OCH3 is 1. The summed E-state index contributed by atoms with van der Waals surface area (Å²) in [5.74, 6) is -0.741. The molecule has 1 rings (SSSR count). The number of carbonyl (C=O) groups excluding carboxylic acids is 1. The first-order valence-electron chi connectivity index (χ1n) is 6.44. The number of ether oxygens (including phenoxy) is 3. The van der Waals surface area contributed by atoms with Gasteiger partial charge in [-0.15, -0.1) is 0 Å². The second-order valence-electron chi connectivity index (χ2n) is 4.34. The molecule has 0 aliphatic carbocycles. The molecule has 1 aromatic rings. The Morgan fingerprint density at radius 2 is 1.90 bits per heavy atom. The Bertz CT molecular complexity index is 459. The summed E-state index contributed by atoms with van der Waals surface area (Å²) in [6, 6.07) is 5.45. The van der Waals surface area contributed by atoms with Gasteiger partial charge in [-0.25, -0.2) is 4.79 Å². The molecule has 0 saturated heterocycles. The van der Waals surface area contributed by atoms with Crippen LogP contribution < -0.4 is 10.5 Å². The highest BCUT2D eigenvalue weighted by Gasteiger charge is 2.12. The molecule has 0 heterocycles. The van der Waals surface area contributed by atoms with Crippen LogP contribution in [0.4, 0.5) is 4.79 Å². The Balaban J connectivity index is 2.40. The van der Waals surface area contributed by atoms with Gasteiger partial charge >= 0.3 is 12.1 Å². The Morgan fingerprint density at radius 3 is 2.48 bits per heavy atom. The number of carboxylic acids is 1. The Hall–Kier alpha value is -2.12. The fraction of sp³-hybridized carbons (Fsp3) is 0.429. The van der Waals surface area contributed by atoms with Crippen molar-refractivity contribution in [2.75, 3.05) is 20.3 Å². The van der Waals surface area contributed by atoms with E-state index < -0.39 is 18.2 Å². The number of carboxylic acid groups (broad SMARTS) is 1. The normalized spacial score (nSPS) is 11.7. The Kier molecular flexibility index (Phi) is 7.20. The molecule has 0 saturated carbocycles. The standard InChI is InChI=1S/C14H19NO6/c1-19-7-2-8-20-14(18)21-11-5-3-10(4-6-11)9-12(15)13(16)17/h3-6,12H,2,7-9,15H2,1H3,(H,16,17)/t12-/m1/s1. The minimum absolute atomic E-state index is 0.205. The largest absolute Gasteiger partial charge is 0.513 e. The van der Waals surface area contributed by atoms with Crippen LogP contribution in [0.3, 0.4) is 0 Å². The zero-order valence-electron chi connectivity index (χ0n) is 11.8. The summed E-state index contributed by atoms with van der Waals surface area (Å²) >= 11 is 0.